The summed E-state index contributed by atoms with van der Waals surface area (Å²) in [4.78, 5) is 11.5. The molecule has 1 aromatic carbocycles. The fraction of sp³-hybridized carbons (Fsp3) is 0.353. The number of ether oxygens (including phenoxy) is 1. The molecule has 0 unspecified atom stereocenters. The molecule has 1 N–H and O–H groups in total. The predicted octanol–water partition coefficient (Wildman–Crippen LogP) is 4.89. The highest BCUT2D eigenvalue weighted by Gasteiger charge is 2.11. The summed E-state index contributed by atoms with van der Waals surface area (Å²) in [5.41, 5.74) is 3.56. The largest absolute Gasteiger partial charge is 0.465 e. The van der Waals surface area contributed by atoms with Gasteiger partial charge in [0.1, 0.15) is 0 Å². The van der Waals surface area contributed by atoms with Gasteiger partial charge in [-0.05, 0) is 31.0 Å². The van der Waals surface area contributed by atoms with Crippen LogP contribution < -0.4 is 5.32 Å². The van der Waals surface area contributed by atoms with Crippen molar-refractivity contribution >= 4 is 27.6 Å². The van der Waals surface area contributed by atoms with Crippen LogP contribution in [0, 0.1) is 13.8 Å². The van der Waals surface area contributed by atoms with Gasteiger partial charge in [-0.25, -0.2) is 4.79 Å². The van der Waals surface area contributed by atoms with Crippen LogP contribution in [-0.2, 0) is 4.74 Å². The van der Waals surface area contributed by atoms with Crippen molar-refractivity contribution in [1.82, 2.24) is 0 Å². The van der Waals surface area contributed by atoms with Gasteiger partial charge in [0.25, 0.3) is 0 Å². The first kappa shape index (κ1) is 21.7. The maximum atomic E-state index is 11.5. The number of hydrogen-bond acceptors (Lipinski definition) is 3. The Labute approximate surface area is 137 Å². The second kappa shape index (κ2) is 12.2. The van der Waals surface area contributed by atoms with Crippen LogP contribution >= 0.6 is 15.9 Å². The van der Waals surface area contributed by atoms with Crippen molar-refractivity contribution in [1.29, 1.82) is 0 Å². The number of nitrogens with one attached hydrogen (secondary N) is 1. The Bertz CT molecular complexity index is 470. The molecular weight excluding hydrogens is 330 g/mol. The molecule has 0 aliphatic rings. The molecule has 0 fully saturated rings. The summed E-state index contributed by atoms with van der Waals surface area (Å²) in [5.74, 6) is -0.306. The number of esters is 1. The van der Waals surface area contributed by atoms with Gasteiger partial charge < -0.3 is 10.1 Å². The van der Waals surface area contributed by atoms with E-state index in [-0.39, 0.29) is 13.4 Å². The molecule has 0 saturated heterocycles. The van der Waals surface area contributed by atoms with Crippen LogP contribution in [-0.4, -0.2) is 25.0 Å². The number of aryl methyl sites for hydroxylation is 2. The summed E-state index contributed by atoms with van der Waals surface area (Å²) < 4.78 is 4.73. The second-order valence-corrected chi connectivity index (χ2v) is 4.73. The van der Waals surface area contributed by atoms with Gasteiger partial charge in [0.15, 0.2) is 0 Å². The van der Waals surface area contributed by atoms with E-state index in [1.807, 2.05) is 26.0 Å². The van der Waals surface area contributed by atoms with E-state index >= 15 is 0 Å². The number of carbonyl (C=O) groups is 1. The molecule has 0 aliphatic carbocycles. The standard InChI is InChI=1S/C13H17NO2.C3H5Br.CH4/c1-5-6-14-12-8-11(13(15)16-4)9(2)7-10(12)3;1-2-3-4;/h5,7-8,14H,1,6H2,2-4H3;2H,1,3H2;1H4. The van der Waals surface area contributed by atoms with Crippen molar-refractivity contribution in [3.05, 3.63) is 54.1 Å². The van der Waals surface area contributed by atoms with E-state index in [9.17, 15) is 4.79 Å². The molecule has 118 valence electrons. The van der Waals surface area contributed by atoms with E-state index in [0.717, 1.165) is 22.1 Å². The van der Waals surface area contributed by atoms with E-state index in [1.165, 1.54) is 7.11 Å². The Morgan fingerprint density at radius 3 is 2.29 bits per heavy atom. The molecule has 1 aromatic rings. The number of anilines is 1. The summed E-state index contributed by atoms with van der Waals surface area (Å²) in [6.45, 7) is 11.6. The predicted molar refractivity (Wildman–Crippen MR) is 96.7 cm³/mol. The van der Waals surface area contributed by atoms with Crippen LogP contribution in [0.4, 0.5) is 5.69 Å². The number of hydrogen-bond donors (Lipinski definition) is 1. The minimum atomic E-state index is -0.306. The lowest BCUT2D eigenvalue weighted by molar-refractivity contribution is 0.0600. The fourth-order valence-electron chi connectivity index (χ4n) is 1.55. The zero-order valence-electron chi connectivity index (χ0n) is 12.3. The molecule has 0 saturated carbocycles. The van der Waals surface area contributed by atoms with Crippen LogP contribution in [0.5, 0.6) is 0 Å². The first-order chi connectivity index (χ1) is 9.51. The third-order valence-electron chi connectivity index (χ3n) is 2.52. The SMILES string of the molecule is C.C=CCBr.C=CCNc1cc(C(=O)OC)c(C)cc1C. The van der Waals surface area contributed by atoms with Crippen LogP contribution in [0.15, 0.2) is 37.4 Å². The van der Waals surface area contributed by atoms with Crippen molar-refractivity contribution in [3.63, 3.8) is 0 Å². The van der Waals surface area contributed by atoms with Gasteiger partial charge in [-0.15, -0.1) is 13.2 Å². The first-order valence-corrected chi connectivity index (χ1v) is 7.35. The van der Waals surface area contributed by atoms with Gasteiger partial charge in [0, 0.05) is 17.6 Å². The van der Waals surface area contributed by atoms with Gasteiger partial charge >= 0.3 is 5.97 Å². The number of methoxy groups -OCH3 is 1. The average molecular weight is 356 g/mol. The number of halogens is 1. The topological polar surface area (TPSA) is 38.3 Å². The molecule has 0 aromatic heterocycles. The highest BCUT2D eigenvalue weighted by Crippen LogP contribution is 2.21. The Morgan fingerprint density at radius 2 is 1.86 bits per heavy atom. The van der Waals surface area contributed by atoms with Gasteiger partial charge in [-0.1, -0.05) is 41.6 Å². The summed E-state index contributed by atoms with van der Waals surface area (Å²) in [6.07, 6.45) is 3.57. The Hall–Kier alpha value is -1.55. The number of rotatable bonds is 5. The Morgan fingerprint density at radius 1 is 1.29 bits per heavy atom. The van der Waals surface area contributed by atoms with Crippen LogP contribution in [0.3, 0.4) is 0 Å². The smallest absolute Gasteiger partial charge is 0.338 e. The van der Waals surface area contributed by atoms with Crippen molar-refractivity contribution in [3.8, 4) is 0 Å². The van der Waals surface area contributed by atoms with Crippen molar-refractivity contribution in [2.45, 2.75) is 21.3 Å². The van der Waals surface area contributed by atoms with Crippen LogP contribution in [0.25, 0.3) is 0 Å². The van der Waals surface area contributed by atoms with E-state index in [2.05, 4.69) is 34.4 Å². The van der Waals surface area contributed by atoms with Crippen molar-refractivity contribution in [2.24, 2.45) is 0 Å². The maximum absolute atomic E-state index is 11.5. The Kier molecular flexibility index (Phi) is 12.6. The van der Waals surface area contributed by atoms with Crippen LogP contribution in [0.2, 0.25) is 0 Å². The number of carbonyl (C=O) groups excluding carboxylic acids is 1. The van der Waals surface area contributed by atoms with Crippen molar-refractivity contribution < 1.29 is 9.53 Å². The average Bonchev–Trinajstić information content (AvgIpc) is 2.46. The molecule has 1 rings (SSSR count). The first-order valence-electron chi connectivity index (χ1n) is 6.23. The quantitative estimate of drug-likeness (QED) is 0.464. The minimum Gasteiger partial charge on any atom is -0.465 e. The summed E-state index contributed by atoms with van der Waals surface area (Å²) in [7, 11) is 1.39. The summed E-state index contributed by atoms with van der Waals surface area (Å²) >= 11 is 3.13. The molecule has 0 heterocycles. The molecule has 0 bridgehead atoms. The second-order valence-electron chi connectivity index (χ2n) is 4.09. The molecule has 0 amide bonds. The molecule has 3 nitrogen and oxygen atoms in total. The molecule has 0 radical (unpaired) electrons. The van der Waals surface area contributed by atoms with E-state index in [4.69, 9.17) is 4.74 Å². The highest BCUT2D eigenvalue weighted by atomic mass is 79.9. The monoisotopic (exact) mass is 355 g/mol. The Balaban J connectivity index is 0. The van der Waals surface area contributed by atoms with Gasteiger partial charge in [0.2, 0.25) is 0 Å². The van der Waals surface area contributed by atoms with E-state index in [1.54, 1.807) is 12.2 Å². The molecule has 0 spiro atoms. The molecular formula is C17H26BrNO2. The maximum Gasteiger partial charge on any atom is 0.338 e. The molecule has 0 aliphatic heterocycles. The fourth-order valence-corrected chi connectivity index (χ4v) is 1.55. The minimum absolute atomic E-state index is 0. The zero-order valence-corrected chi connectivity index (χ0v) is 13.9. The lowest BCUT2D eigenvalue weighted by Gasteiger charge is -2.11. The highest BCUT2D eigenvalue weighted by molar-refractivity contribution is 9.09. The lowest BCUT2D eigenvalue weighted by atomic mass is 10.0. The number of allylic oxidation sites excluding steroid dienone is 1. The zero-order chi connectivity index (χ0) is 15.5. The van der Waals surface area contributed by atoms with Crippen LogP contribution in [0.1, 0.15) is 28.9 Å². The number of benzene rings is 1. The van der Waals surface area contributed by atoms with E-state index in [0.29, 0.717) is 12.1 Å². The third kappa shape index (κ3) is 7.71. The van der Waals surface area contributed by atoms with E-state index < -0.39 is 0 Å². The lowest BCUT2D eigenvalue weighted by Crippen LogP contribution is -2.07. The van der Waals surface area contributed by atoms with Gasteiger partial charge in [0.05, 0.1) is 12.7 Å². The normalized spacial score (nSPS) is 8.57. The molecule has 0 atom stereocenters. The molecule has 4 heteroatoms. The van der Waals surface area contributed by atoms with Crippen molar-refractivity contribution in [2.75, 3.05) is 24.3 Å². The van der Waals surface area contributed by atoms with Gasteiger partial charge in [-0.2, -0.15) is 0 Å². The third-order valence-corrected chi connectivity index (χ3v) is 2.98. The van der Waals surface area contributed by atoms with Gasteiger partial charge in [-0.3, -0.25) is 0 Å². The summed E-state index contributed by atoms with van der Waals surface area (Å²) in [6, 6.07) is 3.79. The molecule has 21 heavy (non-hydrogen) atoms. The summed E-state index contributed by atoms with van der Waals surface area (Å²) in [5, 5.41) is 4.08. The number of alkyl halides is 1.